The molecule has 4 heteroatoms. The average Bonchev–Trinajstić information content (AvgIpc) is 2.40. The number of halogens is 1. The molecule has 0 saturated heterocycles. The van der Waals surface area contributed by atoms with Gasteiger partial charge in [0.25, 0.3) is 0 Å². The van der Waals surface area contributed by atoms with Crippen LogP contribution in [0.25, 0.3) is 0 Å². The minimum absolute atomic E-state index is 0.313. The Hall–Kier alpha value is -1.94. The molecule has 1 atom stereocenters. The van der Waals surface area contributed by atoms with Crippen LogP contribution in [0.2, 0.25) is 0 Å². The standard InChI is InChI=1S/C14H15FN2O/c1-9-3-4-12(15)11(7-9)14(16)10-5-6-17-8-13(10)18-2/h3-8,14H,16H2,1-2H3. The van der Waals surface area contributed by atoms with Crippen LogP contribution in [0.1, 0.15) is 22.7 Å². The number of aromatic nitrogens is 1. The fraction of sp³-hybridized carbons (Fsp3) is 0.214. The average molecular weight is 246 g/mol. The SMILES string of the molecule is COc1cnccc1C(N)c1cc(C)ccc1F. The molecule has 2 rings (SSSR count). The molecule has 0 radical (unpaired) electrons. The summed E-state index contributed by atoms with van der Waals surface area (Å²) < 4.78 is 19.0. The van der Waals surface area contributed by atoms with Gasteiger partial charge in [0.05, 0.1) is 19.3 Å². The van der Waals surface area contributed by atoms with Crippen LogP contribution in [-0.2, 0) is 0 Å². The Morgan fingerprint density at radius 2 is 2.06 bits per heavy atom. The minimum Gasteiger partial charge on any atom is -0.495 e. The topological polar surface area (TPSA) is 48.1 Å². The van der Waals surface area contributed by atoms with E-state index < -0.39 is 6.04 Å². The van der Waals surface area contributed by atoms with Gasteiger partial charge in [-0.1, -0.05) is 17.7 Å². The smallest absolute Gasteiger partial charge is 0.142 e. The molecule has 0 amide bonds. The van der Waals surface area contributed by atoms with E-state index in [1.807, 2.05) is 6.92 Å². The second kappa shape index (κ2) is 5.14. The number of methoxy groups -OCH3 is 1. The molecule has 2 aromatic rings. The van der Waals surface area contributed by atoms with Gasteiger partial charge in [0.2, 0.25) is 0 Å². The summed E-state index contributed by atoms with van der Waals surface area (Å²) in [7, 11) is 1.54. The van der Waals surface area contributed by atoms with Gasteiger partial charge in [0.15, 0.2) is 0 Å². The first-order valence-corrected chi connectivity index (χ1v) is 5.63. The number of nitrogens with zero attached hydrogens (tertiary/aromatic N) is 1. The van der Waals surface area contributed by atoms with Gasteiger partial charge in [-0.2, -0.15) is 0 Å². The first kappa shape index (κ1) is 12.5. The number of hydrogen-bond acceptors (Lipinski definition) is 3. The van der Waals surface area contributed by atoms with Crippen LogP contribution < -0.4 is 10.5 Å². The lowest BCUT2D eigenvalue weighted by Crippen LogP contribution is -2.15. The molecule has 0 aliphatic heterocycles. The van der Waals surface area contributed by atoms with Gasteiger partial charge in [-0.25, -0.2) is 4.39 Å². The zero-order valence-electron chi connectivity index (χ0n) is 10.4. The van der Waals surface area contributed by atoms with Crippen molar-refractivity contribution in [3.8, 4) is 5.75 Å². The Labute approximate surface area is 105 Å². The molecule has 0 aliphatic rings. The minimum atomic E-state index is -0.567. The van der Waals surface area contributed by atoms with Gasteiger partial charge in [-0.05, 0) is 19.1 Å². The summed E-state index contributed by atoms with van der Waals surface area (Å²) in [6.45, 7) is 1.90. The van der Waals surface area contributed by atoms with Crippen LogP contribution in [0.3, 0.4) is 0 Å². The Morgan fingerprint density at radius 3 is 2.78 bits per heavy atom. The summed E-state index contributed by atoms with van der Waals surface area (Å²) >= 11 is 0. The third kappa shape index (κ3) is 2.33. The van der Waals surface area contributed by atoms with Crippen molar-refractivity contribution in [1.29, 1.82) is 0 Å². The maximum atomic E-state index is 13.8. The van der Waals surface area contributed by atoms with Crippen molar-refractivity contribution in [2.45, 2.75) is 13.0 Å². The second-order valence-electron chi connectivity index (χ2n) is 4.12. The quantitative estimate of drug-likeness (QED) is 0.905. The lowest BCUT2D eigenvalue weighted by atomic mass is 9.98. The number of pyridine rings is 1. The van der Waals surface area contributed by atoms with Crippen LogP contribution in [0.4, 0.5) is 4.39 Å². The molecule has 18 heavy (non-hydrogen) atoms. The Bertz CT molecular complexity index is 557. The lowest BCUT2D eigenvalue weighted by Gasteiger charge is -2.16. The van der Waals surface area contributed by atoms with Crippen LogP contribution in [-0.4, -0.2) is 12.1 Å². The largest absolute Gasteiger partial charge is 0.495 e. The fourth-order valence-corrected chi connectivity index (χ4v) is 1.89. The van der Waals surface area contributed by atoms with E-state index in [1.54, 1.807) is 37.7 Å². The number of ether oxygens (including phenoxy) is 1. The zero-order valence-corrected chi connectivity index (χ0v) is 10.4. The summed E-state index contributed by atoms with van der Waals surface area (Å²) in [5.74, 6) is 0.248. The molecular weight excluding hydrogens is 231 g/mol. The van der Waals surface area contributed by atoms with Gasteiger partial charge in [0.1, 0.15) is 11.6 Å². The summed E-state index contributed by atoms with van der Waals surface area (Å²) in [5.41, 5.74) is 8.26. The highest BCUT2D eigenvalue weighted by Crippen LogP contribution is 2.29. The number of benzene rings is 1. The van der Waals surface area contributed by atoms with Crippen LogP contribution in [0.5, 0.6) is 5.75 Å². The van der Waals surface area contributed by atoms with Gasteiger partial charge < -0.3 is 10.5 Å². The van der Waals surface area contributed by atoms with Crippen molar-refractivity contribution < 1.29 is 9.13 Å². The molecule has 0 saturated carbocycles. The molecule has 0 aliphatic carbocycles. The Balaban J connectivity index is 2.47. The van der Waals surface area contributed by atoms with E-state index in [0.717, 1.165) is 11.1 Å². The summed E-state index contributed by atoms with van der Waals surface area (Å²) in [4.78, 5) is 3.96. The van der Waals surface area contributed by atoms with Crippen molar-refractivity contribution in [3.05, 3.63) is 59.2 Å². The second-order valence-corrected chi connectivity index (χ2v) is 4.12. The molecule has 0 bridgehead atoms. The normalized spacial score (nSPS) is 12.2. The van der Waals surface area contributed by atoms with Crippen molar-refractivity contribution in [3.63, 3.8) is 0 Å². The van der Waals surface area contributed by atoms with Crippen molar-refractivity contribution >= 4 is 0 Å². The van der Waals surface area contributed by atoms with E-state index in [-0.39, 0.29) is 5.82 Å². The highest BCUT2D eigenvalue weighted by Gasteiger charge is 2.17. The maximum absolute atomic E-state index is 13.8. The van der Waals surface area contributed by atoms with E-state index in [2.05, 4.69) is 4.98 Å². The highest BCUT2D eigenvalue weighted by molar-refractivity contribution is 5.40. The predicted octanol–water partition coefficient (Wildman–Crippen LogP) is 2.59. The summed E-state index contributed by atoms with van der Waals surface area (Å²) in [6.07, 6.45) is 3.19. The van der Waals surface area contributed by atoms with Crippen molar-refractivity contribution in [1.82, 2.24) is 4.98 Å². The van der Waals surface area contributed by atoms with E-state index in [4.69, 9.17) is 10.5 Å². The number of nitrogens with two attached hydrogens (primary N) is 1. The maximum Gasteiger partial charge on any atom is 0.142 e. The monoisotopic (exact) mass is 246 g/mol. The Kier molecular flexibility index (Phi) is 3.58. The first-order chi connectivity index (χ1) is 8.63. The molecule has 1 unspecified atom stereocenters. The third-order valence-corrected chi connectivity index (χ3v) is 2.86. The summed E-state index contributed by atoms with van der Waals surface area (Å²) in [5, 5.41) is 0. The molecule has 1 aromatic carbocycles. The predicted molar refractivity (Wildman–Crippen MR) is 68.0 cm³/mol. The number of aryl methyl sites for hydroxylation is 1. The summed E-state index contributed by atoms with van der Waals surface area (Å²) in [6, 6.07) is 6.07. The molecule has 3 nitrogen and oxygen atoms in total. The van der Waals surface area contributed by atoms with E-state index in [1.165, 1.54) is 6.07 Å². The van der Waals surface area contributed by atoms with Crippen LogP contribution in [0.15, 0.2) is 36.7 Å². The van der Waals surface area contributed by atoms with Gasteiger partial charge in [-0.3, -0.25) is 4.98 Å². The molecule has 1 heterocycles. The van der Waals surface area contributed by atoms with E-state index in [9.17, 15) is 4.39 Å². The zero-order chi connectivity index (χ0) is 13.1. The molecule has 0 fully saturated rings. The highest BCUT2D eigenvalue weighted by atomic mass is 19.1. The van der Waals surface area contributed by atoms with Gasteiger partial charge >= 0.3 is 0 Å². The first-order valence-electron chi connectivity index (χ1n) is 5.63. The van der Waals surface area contributed by atoms with Crippen LogP contribution >= 0.6 is 0 Å². The lowest BCUT2D eigenvalue weighted by molar-refractivity contribution is 0.405. The fourth-order valence-electron chi connectivity index (χ4n) is 1.89. The van der Waals surface area contributed by atoms with Crippen molar-refractivity contribution in [2.75, 3.05) is 7.11 Å². The molecular formula is C14H15FN2O. The Morgan fingerprint density at radius 1 is 1.28 bits per heavy atom. The molecule has 94 valence electrons. The van der Waals surface area contributed by atoms with Crippen LogP contribution in [0, 0.1) is 12.7 Å². The van der Waals surface area contributed by atoms with Gasteiger partial charge in [0, 0.05) is 17.3 Å². The molecule has 0 spiro atoms. The van der Waals surface area contributed by atoms with E-state index in [0.29, 0.717) is 11.3 Å². The number of rotatable bonds is 3. The molecule has 2 N–H and O–H groups in total. The van der Waals surface area contributed by atoms with E-state index >= 15 is 0 Å². The molecule has 1 aromatic heterocycles. The van der Waals surface area contributed by atoms with Gasteiger partial charge in [-0.15, -0.1) is 0 Å². The number of hydrogen-bond donors (Lipinski definition) is 1. The van der Waals surface area contributed by atoms with Crippen molar-refractivity contribution in [2.24, 2.45) is 5.73 Å². The third-order valence-electron chi connectivity index (χ3n) is 2.86.